The highest BCUT2D eigenvalue weighted by Gasteiger charge is 2.22. The molecular weight excluding hydrogens is 368 g/mol. The number of nitrogens with two attached hydrogens (primary N) is 1. The number of carbonyl (C=O) groups is 2. The highest BCUT2D eigenvalue weighted by atomic mass is 16.6. The van der Waals surface area contributed by atoms with E-state index in [2.05, 4.69) is 34.1 Å². The van der Waals surface area contributed by atoms with E-state index in [1.807, 2.05) is 6.07 Å². The molecule has 3 rings (SSSR count). The average molecular weight is 396 g/mol. The summed E-state index contributed by atoms with van der Waals surface area (Å²) in [7, 11) is 0. The second-order valence-electron chi connectivity index (χ2n) is 7.27. The number of nitrogens with zero attached hydrogens (tertiary/aromatic N) is 3. The van der Waals surface area contributed by atoms with Gasteiger partial charge in [-0.25, -0.2) is 4.79 Å². The van der Waals surface area contributed by atoms with E-state index in [0.29, 0.717) is 13.1 Å². The van der Waals surface area contributed by atoms with E-state index in [4.69, 9.17) is 10.5 Å². The first-order chi connectivity index (χ1) is 14.1. The molecule has 2 amide bonds. The molecule has 7 heteroatoms. The van der Waals surface area contributed by atoms with Crippen molar-refractivity contribution in [3.8, 4) is 5.75 Å². The van der Waals surface area contributed by atoms with Crippen LogP contribution in [0.25, 0.3) is 0 Å². The lowest BCUT2D eigenvalue weighted by Gasteiger charge is -2.34. The molecule has 1 aromatic carbocycles. The number of ether oxygens (including phenoxy) is 1. The summed E-state index contributed by atoms with van der Waals surface area (Å²) in [4.78, 5) is 31.5. The van der Waals surface area contributed by atoms with Crippen LogP contribution in [0.3, 0.4) is 0 Å². The summed E-state index contributed by atoms with van der Waals surface area (Å²) in [5, 5.41) is 0. The summed E-state index contributed by atoms with van der Waals surface area (Å²) in [6.45, 7) is 4.00. The molecule has 1 aromatic heterocycles. The molecule has 7 nitrogen and oxygen atoms in total. The molecule has 0 saturated carbocycles. The van der Waals surface area contributed by atoms with E-state index in [1.165, 1.54) is 43.3 Å². The van der Waals surface area contributed by atoms with Crippen LogP contribution in [0, 0.1) is 0 Å². The Labute approximate surface area is 171 Å². The molecule has 2 aromatic rings. The Morgan fingerprint density at radius 2 is 1.76 bits per heavy atom. The molecule has 0 aliphatic carbocycles. The number of carbonyl (C=O) groups excluding carboxylic acids is 2. The molecule has 2 heterocycles. The maximum absolute atomic E-state index is 12.3. The average Bonchev–Trinajstić information content (AvgIpc) is 2.75. The zero-order valence-electron chi connectivity index (χ0n) is 16.6. The minimum absolute atomic E-state index is 0.215. The van der Waals surface area contributed by atoms with Crippen LogP contribution in [-0.4, -0.2) is 59.5 Å². The second kappa shape index (κ2) is 10.6. The molecule has 0 radical (unpaired) electrons. The number of aromatic nitrogens is 1. The van der Waals surface area contributed by atoms with Gasteiger partial charge in [-0.15, -0.1) is 0 Å². The summed E-state index contributed by atoms with van der Waals surface area (Å²) < 4.78 is 5.33. The zero-order chi connectivity index (χ0) is 20.5. The van der Waals surface area contributed by atoms with Crippen LogP contribution in [0.1, 0.15) is 35.2 Å². The Morgan fingerprint density at radius 1 is 1.00 bits per heavy atom. The summed E-state index contributed by atoms with van der Waals surface area (Å²) in [5.41, 5.74) is 6.84. The fraction of sp³-hybridized carbons (Fsp3) is 0.409. The fourth-order valence-electron chi connectivity index (χ4n) is 3.41. The zero-order valence-corrected chi connectivity index (χ0v) is 16.6. The van der Waals surface area contributed by atoms with Gasteiger partial charge in [0.25, 0.3) is 0 Å². The molecule has 0 unspecified atom stereocenters. The number of amides is 2. The van der Waals surface area contributed by atoms with Crippen molar-refractivity contribution in [2.24, 2.45) is 5.73 Å². The first kappa shape index (κ1) is 20.8. The van der Waals surface area contributed by atoms with E-state index < -0.39 is 12.0 Å². The van der Waals surface area contributed by atoms with Gasteiger partial charge >= 0.3 is 6.09 Å². The molecule has 0 atom stereocenters. The number of piperazine rings is 1. The Bertz CT molecular complexity index is 805. The minimum atomic E-state index is -0.604. The lowest BCUT2D eigenvalue weighted by atomic mass is 10.1. The van der Waals surface area contributed by atoms with Gasteiger partial charge in [-0.1, -0.05) is 36.8 Å². The van der Waals surface area contributed by atoms with Crippen molar-refractivity contribution in [3.05, 3.63) is 59.9 Å². The summed E-state index contributed by atoms with van der Waals surface area (Å²) >= 11 is 0. The Morgan fingerprint density at radius 3 is 2.48 bits per heavy atom. The monoisotopic (exact) mass is 396 g/mol. The lowest BCUT2D eigenvalue weighted by molar-refractivity contribution is 0.0996. The van der Waals surface area contributed by atoms with E-state index in [0.717, 1.165) is 26.1 Å². The van der Waals surface area contributed by atoms with Crippen LogP contribution < -0.4 is 10.5 Å². The third-order valence-electron chi connectivity index (χ3n) is 5.12. The number of rotatable bonds is 8. The second-order valence-corrected chi connectivity index (χ2v) is 7.27. The molecule has 1 fully saturated rings. The van der Waals surface area contributed by atoms with Gasteiger partial charge in [-0.2, -0.15) is 0 Å². The van der Waals surface area contributed by atoms with E-state index >= 15 is 0 Å². The first-order valence-corrected chi connectivity index (χ1v) is 10.1. The molecule has 154 valence electrons. The molecule has 1 saturated heterocycles. The van der Waals surface area contributed by atoms with Gasteiger partial charge in [0.15, 0.2) is 5.75 Å². The standard InChI is InChI=1S/C22H28N4O3/c23-21(27)19-15-20(17-24-16-19)29-22(28)26-13-11-25(12-14-26)10-6-2-5-9-18-7-3-1-4-8-18/h1,3-4,7-8,15-17H,2,5-6,9-14H2,(H2,23,27). The van der Waals surface area contributed by atoms with E-state index in [-0.39, 0.29) is 11.3 Å². The normalized spacial score (nSPS) is 14.6. The molecular formula is C22H28N4O3. The molecule has 1 aliphatic rings. The molecule has 2 N–H and O–H groups in total. The number of primary amides is 1. The van der Waals surface area contributed by atoms with Crippen molar-refractivity contribution in [1.29, 1.82) is 0 Å². The van der Waals surface area contributed by atoms with Gasteiger partial charge in [0.1, 0.15) is 0 Å². The Balaban J connectivity index is 1.33. The van der Waals surface area contributed by atoms with Crippen molar-refractivity contribution in [2.45, 2.75) is 25.7 Å². The van der Waals surface area contributed by atoms with Crippen molar-refractivity contribution in [2.75, 3.05) is 32.7 Å². The number of hydrogen-bond donors (Lipinski definition) is 1. The van der Waals surface area contributed by atoms with Gasteiger partial charge < -0.3 is 15.4 Å². The van der Waals surface area contributed by atoms with Crippen LogP contribution in [-0.2, 0) is 6.42 Å². The van der Waals surface area contributed by atoms with Crippen LogP contribution in [0.5, 0.6) is 5.75 Å². The van der Waals surface area contributed by atoms with Gasteiger partial charge in [-0.3, -0.25) is 14.7 Å². The maximum atomic E-state index is 12.3. The van der Waals surface area contributed by atoms with Crippen molar-refractivity contribution in [3.63, 3.8) is 0 Å². The van der Waals surface area contributed by atoms with Crippen LogP contribution in [0.2, 0.25) is 0 Å². The summed E-state index contributed by atoms with van der Waals surface area (Å²) in [6.07, 6.45) is 7.04. The largest absolute Gasteiger partial charge is 0.415 e. The molecule has 0 bridgehead atoms. The van der Waals surface area contributed by atoms with Crippen molar-refractivity contribution < 1.29 is 14.3 Å². The third kappa shape index (κ3) is 6.57. The number of benzene rings is 1. The Hall–Kier alpha value is -2.93. The Kier molecular flexibility index (Phi) is 7.58. The number of hydrogen-bond acceptors (Lipinski definition) is 5. The number of unbranched alkanes of at least 4 members (excludes halogenated alkanes) is 2. The molecule has 1 aliphatic heterocycles. The fourth-order valence-corrected chi connectivity index (χ4v) is 3.41. The number of aryl methyl sites for hydroxylation is 1. The SMILES string of the molecule is NC(=O)c1cncc(OC(=O)N2CCN(CCCCCc3ccccc3)CC2)c1. The van der Waals surface area contributed by atoms with E-state index in [9.17, 15) is 9.59 Å². The summed E-state index contributed by atoms with van der Waals surface area (Å²) in [6, 6.07) is 12.0. The molecule has 29 heavy (non-hydrogen) atoms. The molecule has 0 spiro atoms. The predicted octanol–water partition coefficient (Wildman–Crippen LogP) is 2.71. The van der Waals surface area contributed by atoms with Gasteiger partial charge in [-0.05, 0) is 37.4 Å². The quantitative estimate of drug-likeness (QED) is 0.693. The highest BCUT2D eigenvalue weighted by molar-refractivity contribution is 5.92. The van der Waals surface area contributed by atoms with Crippen LogP contribution in [0.4, 0.5) is 4.79 Å². The number of pyridine rings is 1. The lowest BCUT2D eigenvalue weighted by Crippen LogP contribution is -2.49. The van der Waals surface area contributed by atoms with Gasteiger partial charge in [0, 0.05) is 32.4 Å². The van der Waals surface area contributed by atoms with Crippen molar-refractivity contribution >= 4 is 12.0 Å². The van der Waals surface area contributed by atoms with Gasteiger partial charge in [0.2, 0.25) is 5.91 Å². The maximum Gasteiger partial charge on any atom is 0.415 e. The topological polar surface area (TPSA) is 88.8 Å². The van der Waals surface area contributed by atoms with Gasteiger partial charge in [0.05, 0.1) is 11.8 Å². The third-order valence-corrected chi connectivity index (χ3v) is 5.12. The highest BCUT2D eigenvalue weighted by Crippen LogP contribution is 2.14. The van der Waals surface area contributed by atoms with Crippen LogP contribution in [0.15, 0.2) is 48.8 Å². The first-order valence-electron chi connectivity index (χ1n) is 10.1. The van der Waals surface area contributed by atoms with Crippen molar-refractivity contribution in [1.82, 2.24) is 14.8 Å². The van der Waals surface area contributed by atoms with E-state index in [1.54, 1.807) is 4.90 Å². The predicted molar refractivity (Wildman–Crippen MR) is 111 cm³/mol. The van der Waals surface area contributed by atoms with Crippen LogP contribution >= 0.6 is 0 Å². The summed E-state index contributed by atoms with van der Waals surface area (Å²) in [5.74, 6) is -0.375. The smallest absolute Gasteiger partial charge is 0.409 e. The minimum Gasteiger partial charge on any atom is -0.409 e.